The smallest absolute Gasteiger partial charge is 0.244 e. The Balaban J connectivity index is 1.81. The van der Waals surface area contributed by atoms with Gasteiger partial charge in [0.2, 0.25) is 15.9 Å². The van der Waals surface area contributed by atoms with Crippen molar-refractivity contribution in [1.29, 1.82) is 0 Å². The van der Waals surface area contributed by atoms with E-state index >= 15 is 0 Å². The Hall–Kier alpha value is -2.38. The van der Waals surface area contributed by atoms with E-state index in [9.17, 15) is 13.2 Å². The highest BCUT2D eigenvalue weighted by molar-refractivity contribution is 7.89. The molecule has 2 aromatic carbocycles. The van der Waals surface area contributed by atoms with Crippen molar-refractivity contribution in [3.05, 3.63) is 58.7 Å². The molecule has 0 spiro atoms. The number of hydrogen-bond donors (Lipinski definition) is 1. The summed E-state index contributed by atoms with van der Waals surface area (Å²) in [6.07, 6.45) is 4.65. The van der Waals surface area contributed by atoms with Crippen LogP contribution in [-0.2, 0) is 21.4 Å². The highest BCUT2D eigenvalue weighted by Crippen LogP contribution is 2.31. The van der Waals surface area contributed by atoms with E-state index in [1.807, 2.05) is 57.2 Å². The van der Waals surface area contributed by atoms with Gasteiger partial charge in [-0.05, 0) is 62.4 Å². The molecule has 3 rings (SSSR count). The molecular weight excluding hydrogens is 424 g/mol. The summed E-state index contributed by atoms with van der Waals surface area (Å²) >= 11 is 0. The average molecular weight is 459 g/mol. The maximum Gasteiger partial charge on any atom is 0.244 e. The first-order chi connectivity index (χ1) is 15.2. The fourth-order valence-electron chi connectivity index (χ4n) is 4.61. The highest BCUT2D eigenvalue weighted by Gasteiger charge is 2.35. The first-order valence-electron chi connectivity index (χ1n) is 11.2. The lowest BCUT2D eigenvalue weighted by Gasteiger charge is -2.33. The molecule has 174 valence electrons. The van der Waals surface area contributed by atoms with Gasteiger partial charge in [0.1, 0.15) is 5.75 Å². The van der Waals surface area contributed by atoms with Crippen molar-refractivity contribution in [1.82, 2.24) is 9.62 Å². The summed E-state index contributed by atoms with van der Waals surface area (Å²) in [6, 6.07) is 11.1. The van der Waals surface area contributed by atoms with Gasteiger partial charge in [0.05, 0.1) is 18.6 Å². The molecule has 1 amide bonds. The maximum absolute atomic E-state index is 13.8. The molecule has 32 heavy (non-hydrogen) atoms. The van der Waals surface area contributed by atoms with E-state index in [2.05, 4.69) is 5.32 Å². The van der Waals surface area contributed by atoms with Crippen LogP contribution in [0, 0.1) is 20.8 Å². The molecule has 1 aliphatic rings. The van der Waals surface area contributed by atoms with E-state index in [1.165, 1.54) is 4.31 Å². The number of hydrogen-bond acceptors (Lipinski definition) is 4. The number of carbonyl (C=O) groups excluding carboxylic acids is 1. The van der Waals surface area contributed by atoms with Crippen LogP contribution in [0.5, 0.6) is 5.75 Å². The van der Waals surface area contributed by atoms with Crippen molar-refractivity contribution < 1.29 is 17.9 Å². The van der Waals surface area contributed by atoms with Crippen LogP contribution in [-0.4, -0.2) is 38.3 Å². The van der Waals surface area contributed by atoms with Gasteiger partial charge in [-0.3, -0.25) is 4.79 Å². The Bertz CT molecular complexity index is 1020. The lowest BCUT2D eigenvalue weighted by molar-refractivity contribution is -0.121. The molecule has 1 fully saturated rings. The van der Waals surface area contributed by atoms with E-state index in [0.29, 0.717) is 11.4 Å². The van der Waals surface area contributed by atoms with Crippen LogP contribution >= 0.6 is 0 Å². The number of nitrogens with one attached hydrogen (secondary N) is 1. The molecule has 0 saturated heterocycles. The average Bonchev–Trinajstić information content (AvgIpc) is 2.76. The normalized spacial score (nSPS) is 15.0. The second-order valence-corrected chi connectivity index (χ2v) is 10.5. The molecule has 0 unspecified atom stereocenters. The SMILES string of the molecule is COc1ccc(CNC(=O)CN(C2CCCCC2)S(=O)(=O)c2c(C)cc(C)cc2C)cc1. The van der Waals surface area contributed by atoms with Crippen LogP contribution in [0.1, 0.15) is 54.4 Å². The van der Waals surface area contributed by atoms with Gasteiger partial charge in [0.25, 0.3) is 0 Å². The van der Waals surface area contributed by atoms with Crippen molar-refractivity contribution in [2.45, 2.75) is 70.4 Å². The number of ether oxygens (including phenoxy) is 1. The summed E-state index contributed by atoms with van der Waals surface area (Å²) in [4.78, 5) is 13.2. The molecular formula is C25H34N2O4S. The molecule has 0 bridgehead atoms. The van der Waals surface area contributed by atoms with Gasteiger partial charge < -0.3 is 10.1 Å². The minimum atomic E-state index is -3.81. The monoisotopic (exact) mass is 458 g/mol. The molecule has 0 aliphatic heterocycles. The van der Waals surface area contributed by atoms with Crippen molar-refractivity contribution in [2.75, 3.05) is 13.7 Å². The van der Waals surface area contributed by atoms with Crippen LogP contribution in [0.25, 0.3) is 0 Å². The fourth-order valence-corrected chi connectivity index (χ4v) is 6.67. The second kappa shape index (κ2) is 10.5. The summed E-state index contributed by atoms with van der Waals surface area (Å²) in [6.45, 7) is 5.78. The molecule has 6 nitrogen and oxygen atoms in total. The third-order valence-corrected chi connectivity index (χ3v) is 8.31. The maximum atomic E-state index is 13.8. The lowest BCUT2D eigenvalue weighted by Crippen LogP contribution is -2.47. The summed E-state index contributed by atoms with van der Waals surface area (Å²) in [5.74, 6) is 0.455. The zero-order chi connectivity index (χ0) is 23.3. The zero-order valence-corrected chi connectivity index (χ0v) is 20.3. The molecule has 0 heterocycles. The number of nitrogens with zero attached hydrogens (tertiary/aromatic N) is 1. The third kappa shape index (κ3) is 5.70. The van der Waals surface area contributed by atoms with Gasteiger partial charge in [-0.1, -0.05) is 49.1 Å². The largest absolute Gasteiger partial charge is 0.497 e. The Morgan fingerprint density at radius 1 is 1.03 bits per heavy atom. The molecule has 1 aliphatic carbocycles. The van der Waals surface area contributed by atoms with Crippen molar-refractivity contribution in [3.63, 3.8) is 0 Å². The van der Waals surface area contributed by atoms with Gasteiger partial charge >= 0.3 is 0 Å². The van der Waals surface area contributed by atoms with E-state index in [4.69, 9.17) is 4.74 Å². The van der Waals surface area contributed by atoms with Crippen LogP contribution < -0.4 is 10.1 Å². The number of sulfonamides is 1. The summed E-state index contributed by atoms with van der Waals surface area (Å²) in [7, 11) is -2.20. The number of rotatable bonds is 8. The van der Waals surface area contributed by atoms with Gasteiger partial charge in [-0.2, -0.15) is 4.31 Å². The van der Waals surface area contributed by atoms with E-state index in [1.54, 1.807) is 7.11 Å². The zero-order valence-electron chi connectivity index (χ0n) is 19.5. The lowest BCUT2D eigenvalue weighted by atomic mass is 9.95. The summed E-state index contributed by atoms with van der Waals surface area (Å²) in [5, 5.41) is 2.88. The van der Waals surface area contributed by atoms with E-state index < -0.39 is 10.0 Å². The molecule has 1 N–H and O–H groups in total. The van der Waals surface area contributed by atoms with E-state index in [0.717, 1.165) is 60.1 Å². The topological polar surface area (TPSA) is 75.7 Å². The quantitative estimate of drug-likeness (QED) is 0.641. The van der Waals surface area contributed by atoms with Gasteiger partial charge in [0.15, 0.2) is 0 Å². The molecule has 7 heteroatoms. The number of benzene rings is 2. The first kappa shape index (κ1) is 24.3. The van der Waals surface area contributed by atoms with Crippen LogP contribution in [0.2, 0.25) is 0 Å². The Labute approximate surface area is 192 Å². The van der Waals surface area contributed by atoms with Crippen LogP contribution in [0.3, 0.4) is 0 Å². The predicted molar refractivity (Wildman–Crippen MR) is 126 cm³/mol. The third-order valence-electron chi connectivity index (χ3n) is 6.10. The number of methoxy groups -OCH3 is 1. The molecule has 0 atom stereocenters. The molecule has 0 aromatic heterocycles. The highest BCUT2D eigenvalue weighted by atomic mass is 32.2. The fraction of sp³-hybridized carbons (Fsp3) is 0.480. The minimum absolute atomic E-state index is 0.152. The Morgan fingerprint density at radius 2 is 1.62 bits per heavy atom. The summed E-state index contributed by atoms with van der Waals surface area (Å²) in [5.41, 5.74) is 3.40. The van der Waals surface area contributed by atoms with Gasteiger partial charge in [-0.25, -0.2) is 8.42 Å². The molecule has 1 saturated carbocycles. The number of aryl methyl sites for hydroxylation is 3. The minimum Gasteiger partial charge on any atom is -0.497 e. The van der Waals surface area contributed by atoms with Crippen molar-refractivity contribution in [2.24, 2.45) is 0 Å². The first-order valence-corrected chi connectivity index (χ1v) is 12.7. The van der Waals surface area contributed by atoms with Crippen molar-refractivity contribution in [3.8, 4) is 5.75 Å². The Kier molecular flexibility index (Phi) is 7.96. The number of amides is 1. The summed E-state index contributed by atoms with van der Waals surface area (Å²) < 4.78 is 34.2. The van der Waals surface area contributed by atoms with Crippen LogP contribution in [0.15, 0.2) is 41.3 Å². The standard InChI is InChI=1S/C25H34N2O4S/c1-18-14-19(2)25(20(3)15-18)32(29,30)27(22-8-6-5-7-9-22)17-24(28)26-16-21-10-12-23(31-4)13-11-21/h10-15,22H,5-9,16-17H2,1-4H3,(H,26,28). The van der Waals surface area contributed by atoms with Gasteiger partial charge in [0, 0.05) is 12.6 Å². The number of carbonyl (C=O) groups is 1. The predicted octanol–water partition coefficient (Wildman–Crippen LogP) is 4.26. The van der Waals surface area contributed by atoms with E-state index in [-0.39, 0.29) is 18.5 Å². The molecule has 0 radical (unpaired) electrons. The van der Waals surface area contributed by atoms with Crippen LogP contribution in [0.4, 0.5) is 0 Å². The van der Waals surface area contributed by atoms with Crippen molar-refractivity contribution >= 4 is 15.9 Å². The Morgan fingerprint density at radius 3 is 2.19 bits per heavy atom. The second-order valence-electron chi connectivity index (χ2n) is 8.69. The van der Waals surface area contributed by atoms with Gasteiger partial charge in [-0.15, -0.1) is 0 Å². The molecule has 2 aromatic rings.